The summed E-state index contributed by atoms with van der Waals surface area (Å²) < 4.78 is 24.8. The number of hydrogen-bond acceptors (Lipinski definition) is 26. The average molecular weight is 1290 g/mol. The first-order valence-electron chi connectivity index (χ1n) is 30.9. The van der Waals surface area contributed by atoms with Crippen LogP contribution in [-0.2, 0) is 38.1 Å². The number of hydrogen-bond donors (Lipinski definition) is 18. The first-order valence-corrected chi connectivity index (χ1v) is 30.9. The molecule has 12 aliphatic rings. The number of nitrogens with one attached hydrogen (secondary N) is 6. The van der Waals surface area contributed by atoms with Gasteiger partial charge in [0.1, 0.15) is 61.5 Å². The molecule has 0 radical (unpaired) electrons. The Labute approximate surface area is 522 Å². The van der Waals surface area contributed by atoms with E-state index in [9.17, 15) is 90.0 Å². The van der Waals surface area contributed by atoms with Gasteiger partial charge in [0, 0.05) is 50.9 Å². The summed E-state index contributed by atoms with van der Waals surface area (Å²) in [7, 11) is 0. The van der Waals surface area contributed by atoms with Crippen molar-refractivity contribution in [1.29, 1.82) is 0 Å². The lowest BCUT2D eigenvalue weighted by Crippen LogP contribution is -2.75. The lowest BCUT2D eigenvalue weighted by atomic mass is 9.52. The lowest BCUT2D eigenvalue weighted by molar-refractivity contribution is -0.239. The molecule has 34 nitrogen and oxygen atoms in total. The normalized spacial score (nSPS) is 42.3. The van der Waals surface area contributed by atoms with Gasteiger partial charge in [-0.1, -0.05) is 7.43 Å². The highest BCUT2D eigenvalue weighted by molar-refractivity contribution is 5.94. The highest BCUT2D eigenvalue weighted by Gasteiger charge is 2.61. The third-order valence-electron chi connectivity index (χ3n) is 20.4. The number of aromatic nitrogens is 6. The van der Waals surface area contributed by atoms with Gasteiger partial charge >= 0.3 is 11.9 Å². The maximum Gasteiger partial charge on any atom is 0.357 e. The van der Waals surface area contributed by atoms with Crippen LogP contribution in [0.2, 0.25) is 0 Å². The van der Waals surface area contributed by atoms with E-state index in [-0.39, 0.29) is 31.8 Å². The number of nitrogens with zero attached hydrogens (tertiary/aromatic N) is 6. The monoisotopic (exact) mass is 1290 g/mol. The standard InChI is InChI=1S/2C28H42N6O11.CH4/c1-12(36)31-19-16(37)8-28(26(42)43,32-24(41)23-29-11-34(33-23)25-21(40)20(39)18(10-35)44-25)45-22(19)17(38)9-30-27-5-13-2-14(6-27)4-15(3-13)7-27;1-12(36)31-19-16(37)8-28(26(42)43,33-27-5-13-2-14(6-27)4-15(3-13)7-27)45-22(19)17(38)9-29-24(41)23-30-11-34(32-23)25-21(40)20(39)18(10-35)44-25;/h11,13-22,25,30,35,37-40H,2-10H2,1H3,(H,31,36)(H,32,41)(H,42,43);11,13-22,25,33,35,37-40H,2-10H2,1H3,(H,29,41)(H,31,36)(H,42,43);1H4. The highest BCUT2D eigenvalue weighted by Crippen LogP contribution is 2.57. The predicted molar refractivity (Wildman–Crippen MR) is 304 cm³/mol. The van der Waals surface area contributed by atoms with Crippen molar-refractivity contribution in [3.05, 3.63) is 24.3 Å². The van der Waals surface area contributed by atoms with Gasteiger partial charge in [0.05, 0.1) is 49.7 Å². The fraction of sp³-hybridized carbons (Fsp3) is 0.825. The van der Waals surface area contributed by atoms with Crippen molar-refractivity contribution in [2.24, 2.45) is 35.5 Å². The third kappa shape index (κ3) is 13.7. The van der Waals surface area contributed by atoms with Crippen LogP contribution in [0, 0.1) is 35.5 Å². The van der Waals surface area contributed by atoms with Gasteiger partial charge in [0.2, 0.25) is 34.9 Å². The topological polar surface area (TPSA) is 516 Å². The van der Waals surface area contributed by atoms with E-state index in [1.165, 1.54) is 33.1 Å². The van der Waals surface area contributed by atoms with Crippen LogP contribution in [0.5, 0.6) is 0 Å². The van der Waals surface area contributed by atoms with Gasteiger partial charge in [-0.15, -0.1) is 10.2 Å². The number of carbonyl (C=O) groups excluding carboxylic acids is 4. The second kappa shape index (κ2) is 26.7. The van der Waals surface area contributed by atoms with Gasteiger partial charge < -0.3 is 107 Å². The largest absolute Gasteiger partial charge is 0.478 e. The van der Waals surface area contributed by atoms with E-state index in [4.69, 9.17) is 18.9 Å². The minimum atomic E-state index is -2.54. The zero-order valence-electron chi connectivity index (χ0n) is 49.7. The summed E-state index contributed by atoms with van der Waals surface area (Å²) in [6.07, 6.45) is -5.66. The van der Waals surface area contributed by atoms with Crippen LogP contribution in [0.25, 0.3) is 0 Å². The van der Waals surface area contributed by atoms with Gasteiger partial charge in [-0.2, -0.15) is 0 Å². The second-order valence-electron chi connectivity index (χ2n) is 27.2. The minimum absolute atomic E-state index is 0. The number of rotatable bonds is 20. The van der Waals surface area contributed by atoms with Crippen LogP contribution in [0.4, 0.5) is 0 Å². The number of carbonyl (C=O) groups is 6. The Morgan fingerprint density at radius 1 is 0.560 bits per heavy atom. The molecule has 91 heavy (non-hydrogen) atoms. The van der Waals surface area contributed by atoms with Crippen LogP contribution in [-0.4, -0.2) is 261 Å². The van der Waals surface area contributed by atoms with Crippen LogP contribution in [0.3, 0.4) is 0 Å². The van der Waals surface area contributed by atoms with Gasteiger partial charge in [-0.25, -0.2) is 28.9 Å². The number of ether oxygens (including phenoxy) is 4. The number of carboxylic acid groups (broad SMARTS) is 2. The fourth-order valence-electron chi connectivity index (χ4n) is 17.3. The molecule has 0 spiro atoms. The van der Waals surface area contributed by atoms with E-state index >= 15 is 0 Å². The van der Waals surface area contributed by atoms with E-state index in [0.717, 1.165) is 79.8 Å². The van der Waals surface area contributed by atoms with E-state index in [0.29, 0.717) is 35.5 Å². The molecule has 12 fully saturated rings. The maximum atomic E-state index is 13.2. The Morgan fingerprint density at radius 3 is 1.34 bits per heavy atom. The Morgan fingerprint density at radius 2 is 0.945 bits per heavy atom. The Balaban J connectivity index is 0.000000198. The SMILES string of the molecule is C.CC(=O)NC1C(O)CC(NC(=O)c2ncn(C3OC(CO)C(O)C3O)n2)(C(=O)O)OC1C(O)CNC12CC3CC(CC(C3)C1)C2.CC(=O)NC1C(O)CC(NC23CC4CC(CC(C4)C2)C3)(C(=O)O)OC1C(O)CNC(=O)c1ncn(C2OC(CO)C(O)C2O)n1. The molecule has 8 aliphatic carbocycles. The van der Waals surface area contributed by atoms with Crippen LogP contribution in [0.1, 0.15) is 145 Å². The number of amides is 4. The van der Waals surface area contributed by atoms with Crippen LogP contribution < -0.4 is 31.9 Å². The molecule has 18 atom stereocenters. The zero-order valence-corrected chi connectivity index (χ0v) is 49.7. The van der Waals surface area contributed by atoms with E-state index in [2.05, 4.69) is 52.1 Å². The number of aliphatic carboxylic acids is 2. The lowest BCUT2D eigenvalue weighted by Gasteiger charge is -2.60. The van der Waals surface area contributed by atoms with Crippen molar-refractivity contribution in [1.82, 2.24) is 61.4 Å². The molecule has 2 aromatic rings. The molecule has 6 heterocycles. The van der Waals surface area contributed by atoms with E-state index in [1.807, 2.05) is 0 Å². The van der Waals surface area contributed by atoms with Crippen molar-refractivity contribution in [2.45, 2.75) is 231 Å². The maximum absolute atomic E-state index is 13.2. The second-order valence-corrected chi connectivity index (χ2v) is 27.2. The molecule has 2 aromatic heterocycles. The summed E-state index contributed by atoms with van der Waals surface area (Å²) >= 11 is 0. The Hall–Kier alpha value is -5.54. The molecule has 8 saturated carbocycles. The van der Waals surface area contributed by atoms with Crippen LogP contribution >= 0.6 is 0 Å². The predicted octanol–water partition coefficient (Wildman–Crippen LogP) is -5.42. The molecule has 18 unspecified atom stereocenters. The number of carboxylic acids is 2. The summed E-state index contributed by atoms with van der Waals surface area (Å²) in [5.74, 6) is -3.55. The molecule has 4 saturated heterocycles. The third-order valence-corrected chi connectivity index (χ3v) is 20.4. The van der Waals surface area contributed by atoms with Gasteiger partial charge in [0.25, 0.3) is 11.8 Å². The van der Waals surface area contributed by atoms with Crippen molar-refractivity contribution >= 4 is 35.6 Å². The number of β-amino-alcohol motifs (C(OH)–C–C–N with tert-alkyl or cyclic N) is 1. The van der Waals surface area contributed by atoms with E-state index < -0.39 is 182 Å². The van der Waals surface area contributed by atoms with Crippen molar-refractivity contribution in [3.63, 3.8) is 0 Å². The molecule has 8 bridgehead atoms. The van der Waals surface area contributed by atoms with Crippen molar-refractivity contribution < 1.29 is 109 Å². The smallest absolute Gasteiger partial charge is 0.357 e. The summed E-state index contributed by atoms with van der Waals surface area (Å²) in [6, 6.07) is -2.35. The van der Waals surface area contributed by atoms with E-state index in [1.54, 1.807) is 0 Å². The number of aliphatic hydroxyl groups excluding tert-OH is 10. The first kappa shape index (κ1) is 68.3. The fourth-order valence-corrected chi connectivity index (χ4v) is 17.3. The van der Waals surface area contributed by atoms with Crippen molar-refractivity contribution in [3.8, 4) is 0 Å². The zero-order chi connectivity index (χ0) is 64.5. The molecule has 14 rings (SSSR count). The summed E-state index contributed by atoms with van der Waals surface area (Å²) in [4.78, 5) is 83.4. The molecule has 4 amide bonds. The summed E-state index contributed by atoms with van der Waals surface area (Å²) in [5, 5.41) is 149. The van der Waals surface area contributed by atoms with Gasteiger partial charge in [-0.05, 0) is 113 Å². The molecule has 4 aliphatic heterocycles. The molecule has 34 heteroatoms. The van der Waals surface area contributed by atoms with Gasteiger partial charge in [-0.3, -0.25) is 24.5 Å². The highest BCUT2D eigenvalue weighted by atomic mass is 16.6. The Kier molecular flexibility index (Phi) is 20.0. The number of aliphatic hydroxyl groups is 10. The summed E-state index contributed by atoms with van der Waals surface area (Å²) in [5.41, 5.74) is -5.20. The quantitative estimate of drug-likeness (QED) is 0.0588. The van der Waals surface area contributed by atoms with Crippen molar-refractivity contribution in [2.75, 3.05) is 26.3 Å². The molecular weight excluding hydrogens is 1200 g/mol. The van der Waals surface area contributed by atoms with Gasteiger partial charge in [0.15, 0.2) is 12.5 Å². The molecule has 0 aromatic carbocycles. The summed E-state index contributed by atoms with van der Waals surface area (Å²) in [6.45, 7) is 0.843. The molecular formula is C57H88N12O22. The average Bonchev–Trinajstić information content (AvgIpc) is 1.70. The Bertz CT molecular complexity index is 2890. The van der Waals surface area contributed by atoms with Crippen LogP contribution in [0.15, 0.2) is 12.7 Å². The molecule has 508 valence electrons. The molecule has 18 N–H and O–H groups in total. The minimum Gasteiger partial charge on any atom is -0.478 e. The first-order chi connectivity index (χ1) is 42.6.